The summed E-state index contributed by atoms with van der Waals surface area (Å²) in [4.78, 5) is 46.8. The van der Waals surface area contributed by atoms with Gasteiger partial charge in [-0.05, 0) is 38.8 Å². The van der Waals surface area contributed by atoms with Crippen LogP contribution in [0.1, 0.15) is 37.0 Å². The maximum absolute atomic E-state index is 13.7. The molecule has 11 nitrogen and oxygen atoms in total. The van der Waals surface area contributed by atoms with Gasteiger partial charge in [-0.1, -0.05) is 17.7 Å². The maximum Gasteiger partial charge on any atom is 0.586 e. The molecule has 1 aromatic carbocycles. The van der Waals surface area contributed by atoms with E-state index in [2.05, 4.69) is 14.5 Å². The average Bonchev–Trinajstić information content (AvgIpc) is 3.40. The smallest absolute Gasteiger partial charge is 0.395 e. The number of aryl methyl sites for hydroxylation is 1. The zero-order chi connectivity index (χ0) is 27.4. The monoisotopic (exact) mass is 530 g/mol. The van der Waals surface area contributed by atoms with Crippen LogP contribution in [-0.2, 0) is 20.1 Å². The quantitative estimate of drug-likeness (QED) is 0.379. The van der Waals surface area contributed by atoms with Crippen molar-refractivity contribution < 1.29 is 23.0 Å². The van der Waals surface area contributed by atoms with Gasteiger partial charge in [0.05, 0.1) is 12.1 Å². The topological polar surface area (TPSA) is 127 Å². The number of hydrogen-bond acceptors (Lipinski definition) is 8. The lowest BCUT2D eigenvalue weighted by Crippen LogP contribution is -2.44. The van der Waals surface area contributed by atoms with Gasteiger partial charge in [-0.15, -0.1) is 8.78 Å². The van der Waals surface area contributed by atoms with E-state index in [0.717, 1.165) is 23.0 Å². The number of para-hydroxylation sites is 1. The molecule has 2 aliphatic rings. The van der Waals surface area contributed by atoms with Gasteiger partial charge in [0.2, 0.25) is 5.95 Å². The van der Waals surface area contributed by atoms with Crippen LogP contribution in [0, 0.1) is 0 Å². The van der Waals surface area contributed by atoms with E-state index in [0.29, 0.717) is 25.6 Å². The summed E-state index contributed by atoms with van der Waals surface area (Å²) in [7, 11) is 1.47. The molecule has 38 heavy (non-hydrogen) atoms. The van der Waals surface area contributed by atoms with Crippen molar-refractivity contribution in [1.29, 1.82) is 0 Å². The minimum Gasteiger partial charge on any atom is -0.395 e. The SMILES string of the molecule is CC(C)=CCn1c(N2CCCC(N)C2)nc2c1c(=O)n(CC(=O)c1cccc3c1OC(F)(F)O3)c(=O)n2C. The summed E-state index contributed by atoms with van der Waals surface area (Å²) >= 11 is 0. The summed E-state index contributed by atoms with van der Waals surface area (Å²) in [5.74, 6) is -0.997. The number of piperidine rings is 1. The van der Waals surface area contributed by atoms with E-state index in [1.165, 1.54) is 29.8 Å². The number of aromatic nitrogens is 4. The van der Waals surface area contributed by atoms with E-state index in [1.54, 1.807) is 4.57 Å². The van der Waals surface area contributed by atoms with Crippen LogP contribution in [0.4, 0.5) is 14.7 Å². The van der Waals surface area contributed by atoms with E-state index in [9.17, 15) is 23.2 Å². The van der Waals surface area contributed by atoms with Gasteiger partial charge in [-0.3, -0.25) is 18.7 Å². The van der Waals surface area contributed by atoms with Gasteiger partial charge in [0.25, 0.3) is 5.56 Å². The summed E-state index contributed by atoms with van der Waals surface area (Å²) in [6.07, 6.45) is -0.256. The molecule has 1 atom stereocenters. The fraction of sp³-hybridized carbons (Fsp3) is 0.440. The summed E-state index contributed by atoms with van der Waals surface area (Å²) in [5, 5.41) is 0. The Hall–Kier alpha value is -4.00. The number of ether oxygens (including phenoxy) is 2. The number of allylic oxidation sites excluding steroid dienone is 2. The molecule has 2 aromatic heterocycles. The molecule has 4 heterocycles. The van der Waals surface area contributed by atoms with Crippen LogP contribution >= 0.6 is 0 Å². The lowest BCUT2D eigenvalue weighted by atomic mass is 10.1. The highest BCUT2D eigenvalue weighted by molar-refractivity contribution is 5.99. The van der Waals surface area contributed by atoms with Gasteiger partial charge < -0.3 is 24.7 Å². The Balaban J connectivity index is 1.62. The molecule has 5 rings (SSSR count). The number of rotatable bonds is 6. The van der Waals surface area contributed by atoms with Crippen molar-refractivity contribution >= 4 is 22.9 Å². The number of ketones is 1. The van der Waals surface area contributed by atoms with Gasteiger partial charge in [0.1, 0.15) is 0 Å². The molecule has 1 saturated heterocycles. The number of carbonyl (C=O) groups excluding carboxylic acids is 1. The van der Waals surface area contributed by atoms with Crippen LogP contribution in [0.25, 0.3) is 11.2 Å². The fourth-order valence-electron chi connectivity index (χ4n) is 4.80. The summed E-state index contributed by atoms with van der Waals surface area (Å²) in [6, 6.07) is 3.81. The van der Waals surface area contributed by atoms with Crippen LogP contribution < -0.4 is 31.4 Å². The molecule has 1 fully saturated rings. The first-order valence-corrected chi connectivity index (χ1v) is 12.2. The molecule has 1 unspecified atom stereocenters. The Labute approximate surface area is 215 Å². The molecule has 0 bridgehead atoms. The number of halogens is 2. The molecule has 13 heteroatoms. The van der Waals surface area contributed by atoms with Crippen molar-refractivity contribution in [3.05, 3.63) is 56.2 Å². The number of carbonyl (C=O) groups is 1. The number of alkyl halides is 2. The minimum absolute atomic E-state index is 0.0512. The lowest BCUT2D eigenvalue weighted by molar-refractivity contribution is -0.286. The van der Waals surface area contributed by atoms with E-state index >= 15 is 0 Å². The molecule has 2 aliphatic heterocycles. The van der Waals surface area contributed by atoms with Crippen molar-refractivity contribution in [2.75, 3.05) is 18.0 Å². The summed E-state index contributed by atoms with van der Waals surface area (Å²) in [5.41, 5.74) is 5.83. The highest BCUT2D eigenvalue weighted by Gasteiger charge is 2.45. The third-order valence-electron chi connectivity index (χ3n) is 6.67. The van der Waals surface area contributed by atoms with Crippen molar-refractivity contribution in [2.24, 2.45) is 12.8 Å². The second-order valence-electron chi connectivity index (χ2n) is 9.78. The third kappa shape index (κ3) is 4.46. The van der Waals surface area contributed by atoms with E-state index in [-0.39, 0.29) is 28.5 Å². The zero-order valence-electron chi connectivity index (χ0n) is 21.2. The van der Waals surface area contributed by atoms with Gasteiger partial charge in [-0.25, -0.2) is 4.79 Å². The Morgan fingerprint density at radius 3 is 2.71 bits per heavy atom. The van der Waals surface area contributed by atoms with E-state index in [1.807, 2.05) is 24.8 Å². The first-order valence-electron chi connectivity index (χ1n) is 12.2. The third-order valence-corrected chi connectivity index (χ3v) is 6.67. The molecule has 0 radical (unpaired) electrons. The normalized spacial score (nSPS) is 18.2. The van der Waals surface area contributed by atoms with Crippen LogP contribution in [-0.4, -0.2) is 49.9 Å². The number of Topliss-reactive ketones (excluding diaryl/α,β-unsaturated/α-hetero) is 1. The molecule has 0 amide bonds. The van der Waals surface area contributed by atoms with Crippen molar-refractivity contribution in [3.63, 3.8) is 0 Å². The largest absolute Gasteiger partial charge is 0.586 e. The molecular weight excluding hydrogens is 502 g/mol. The number of hydrogen-bond donors (Lipinski definition) is 1. The standard InChI is InChI=1S/C25H28F2N6O5/c1-14(2)9-11-32-19-21(29-23(32)31-10-5-6-15(28)12-31)30(3)24(36)33(22(19)35)13-17(34)16-7-4-8-18-20(16)38-25(26,27)37-18/h4,7-9,15H,5-6,10-13,28H2,1-3H3. The Morgan fingerprint density at radius 1 is 1.24 bits per heavy atom. The highest BCUT2D eigenvalue weighted by Crippen LogP contribution is 2.43. The molecule has 202 valence electrons. The first kappa shape index (κ1) is 25.6. The Bertz CT molecular complexity index is 1580. The summed E-state index contributed by atoms with van der Waals surface area (Å²) < 4.78 is 39.9. The molecule has 2 N–H and O–H groups in total. The van der Waals surface area contributed by atoms with Crippen LogP contribution in [0.3, 0.4) is 0 Å². The average molecular weight is 531 g/mol. The first-order chi connectivity index (χ1) is 18.0. The lowest BCUT2D eigenvalue weighted by Gasteiger charge is -2.31. The predicted molar refractivity (Wildman–Crippen MR) is 135 cm³/mol. The number of benzene rings is 1. The molecule has 3 aromatic rings. The van der Waals surface area contributed by atoms with Gasteiger partial charge in [0.15, 0.2) is 28.4 Å². The molecular formula is C25H28F2N6O5. The molecule has 0 saturated carbocycles. The Kier molecular flexibility index (Phi) is 6.33. The second-order valence-corrected chi connectivity index (χ2v) is 9.78. The maximum atomic E-state index is 13.7. The van der Waals surface area contributed by atoms with Crippen LogP contribution in [0.2, 0.25) is 0 Å². The van der Waals surface area contributed by atoms with Gasteiger partial charge in [0, 0.05) is 32.7 Å². The minimum atomic E-state index is -3.92. The van der Waals surface area contributed by atoms with Gasteiger partial charge in [-0.2, -0.15) is 4.98 Å². The van der Waals surface area contributed by atoms with E-state index in [4.69, 9.17) is 5.73 Å². The predicted octanol–water partition coefficient (Wildman–Crippen LogP) is 1.99. The van der Waals surface area contributed by atoms with Gasteiger partial charge >= 0.3 is 12.0 Å². The Morgan fingerprint density at radius 2 is 2.00 bits per heavy atom. The van der Waals surface area contributed by atoms with E-state index < -0.39 is 35.6 Å². The number of imidazole rings is 1. The number of nitrogens with zero attached hydrogens (tertiary/aromatic N) is 5. The van der Waals surface area contributed by atoms with Crippen molar-refractivity contribution in [2.45, 2.75) is 52.1 Å². The zero-order valence-corrected chi connectivity index (χ0v) is 21.2. The summed E-state index contributed by atoms with van der Waals surface area (Å²) in [6.45, 7) is 4.72. The molecule has 0 spiro atoms. The van der Waals surface area contributed by atoms with Crippen molar-refractivity contribution in [1.82, 2.24) is 18.7 Å². The molecule has 0 aliphatic carbocycles. The number of nitrogens with two attached hydrogens (primary N) is 1. The van der Waals surface area contributed by atoms with Crippen LogP contribution in [0.15, 0.2) is 39.4 Å². The van der Waals surface area contributed by atoms with Crippen LogP contribution in [0.5, 0.6) is 11.5 Å². The fourth-order valence-corrected chi connectivity index (χ4v) is 4.80. The second kappa shape index (κ2) is 9.39. The van der Waals surface area contributed by atoms with Crippen molar-refractivity contribution in [3.8, 4) is 11.5 Å². The number of fused-ring (bicyclic) bond motifs is 2. The highest BCUT2D eigenvalue weighted by atomic mass is 19.3. The number of anilines is 1.